The molecule has 1 aliphatic heterocycles. The van der Waals surface area contributed by atoms with Crippen molar-refractivity contribution in [1.82, 2.24) is 9.97 Å². The molecule has 124 valence electrons. The quantitative estimate of drug-likeness (QED) is 0.908. The number of rotatable bonds is 5. The molecule has 1 saturated heterocycles. The third kappa shape index (κ3) is 3.51. The Morgan fingerprint density at radius 1 is 1.29 bits per heavy atom. The van der Waals surface area contributed by atoms with Crippen molar-refractivity contribution < 1.29 is 13.5 Å². The van der Waals surface area contributed by atoms with E-state index in [0.717, 1.165) is 6.42 Å². The summed E-state index contributed by atoms with van der Waals surface area (Å²) in [6.45, 7) is -1.59. The molecule has 0 spiro atoms. The third-order valence-electron chi connectivity index (χ3n) is 3.76. The molecular formula is C16H15F2N5O. The first-order valence-electron chi connectivity index (χ1n) is 7.44. The summed E-state index contributed by atoms with van der Waals surface area (Å²) in [5, 5.41) is 12.2. The van der Waals surface area contributed by atoms with E-state index < -0.39 is 6.61 Å². The van der Waals surface area contributed by atoms with Crippen LogP contribution in [-0.4, -0.2) is 35.7 Å². The van der Waals surface area contributed by atoms with Crippen molar-refractivity contribution in [1.29, 1.82) is 5.26 Å². The van der Waals surface area contributed by atoms with Gasteiger partial charge in [0.15, 0.2) is 11.5 Å². The maximum Gasteiger partial charge on any atom is 0.387 e. The van der Waals surface area contributed by atoms with Crippen LogP contribution in [0.4, 0.5) is 20.3 Å². The van der Waals surface area contributed by atoms with Crippen LogP contribution in [0.3, 0.4) is 0 Å². The van der Waals surface area contributed by atoms with Crippen LogP contribution in [-0.2, 0) is 0 Å². The first-order chi connectivity index (χ1) is 11.7. The Balaban J connectivity index is 1.71. The van der Waals surface area contributed by atoms with Gasteiger partial charge in [-0.1, -0.05) is 12.1 Å². The average Bonchev–Trinajstić information content (AvgIpc) is 3.03. The first-order valence-corrected chi connectivity index (χ1v) is 7.44. The molecule has 0 radical (unpaired) electrons. The van der Waals surface area contributed by atoms with Gasteiger partial charge < -0.3 is 15.0 Å². The van der Waals surface area contributed by atoms with E-state index in [0.29, 0.717) is 24.6 Å². The SMILES string of the molecule is N#Cc1nccnc1N[C@H]1CCN(c2ccccc2OC(F)F)C1. The molecule has 0 unspecified atom stereocenters. The number of benzene rings is 1. The monoisotopic (exact) mass is 331 g/mol. The molecular weight excluding hydrogens is 316 g/mol. The lowest BCUT2D eigenvalue weighted by atomic mass is 10.2. The van der Waals surface area contributed by atoms with Crippen molar-refractivity contribution in [3.63, 3.8) is 0 Å². The Hall–Kier alpha value is -2.95. The molecule has 1 N–H and O–H groups in total. The van der Waals surface area contributed by atoms with E-state index in [4.69, 9.17) is 5.26 Å². The molecule has 1 aromatic heterocycles. The van der Waals surface area contributed by atoms with E-state index >= 15 is 0 Å². The molecule has 2 aromatic rings. The number of hydrogen-bond donors (Lipinski definition) is 1. The molecule has 1 atom stereocenters. The molecule has 6 nitrogen and oxygen atoms in total. The highest BCUT2D eigenvalue weighted by Crippen LogP contribution is 2.32. The summed E-state index contributed by atoms with van der Waals surface area (Å²) in [7, 11) is 0. The average molecular weight is 331 g/mol. The lowest BCUT2D eigenvalue weighted by molar-refractivity contribution is -0.0495. The standard InChI is InChI=1S/C16H15F2N5O/c17-16(18)24-14-4-2-1-3-13(14)23-8-5-11(10-23)22-15-12(9-19)20-6-7-21-15/h1-4,6-7,11,16H,5,8,10H2,(H,21,22)/t11-/m0/s1. The van der Waals surface area contributed by atoms with Gasteiger partial charge >= 0.3 is 6.61 Å². The zero-order chi connectivity index (χ0) is 16.9. The number of hydrogen-bond acceptors (Lipinski definition) is 6. The first kappa shape index (κ1) is 15.9. The van der Waals surface area contributed by atoms with Crippen molar-refractivity contribution in [3.8, 4) is 11.8 Å². The van der Waals surface area contributed by atoms with Gasteiger partial charge in [0.05, 0.1) is 5.69 Å². The van der Waals surface area contributed by atoms with Crippen molar-refractivity contribution in [2.75, 3.05) is 23.3 Å². The number of nitrogens with zero attached hydrogens (tertiary/aromatic N) is 4. The summed E-state index contributed by atoms with van der Waals surface area (Å²) in [5.41, 5.74) is 0.860. The Bertz CT molecular complexity index is 749. The van der Waals surface area contributed by atoms with Gasteiger partial charge in [-0.3, -0.25) is 0 Å². The Kier molecular flexibility index (Phi) is 4.70. The second-order valence-electron chi connectivity index (χ2n) is 5.29. The second-order valence-corrected chi connectivity index (χ2v) is 5.29. The zero-order valence-corrected chi connectivity index (χ0v) is 12.7. The van der Waals surface area contributed by atoms with Gasteiger partial charge in [-0.25, -0.2) is 9.97 Å². The molecule has 1 aliphatic rings. The maximum absolute atomic E-state index is 12.5. The van der Waals surface area contributed by atoms with Gasteiger partial charge in [-0.05, 0) is 18.6 Å². The fourth-order valence-corrected chi connectivity index (χ4v) is 2.73. The van der Waals surface area contributed by atoms with Crippen LogP contribution in [0.1, 0.15) is 12.1 Å². The summed E-state index contributed by atoms with van der Waals surface area (Å²) in [5.74, 6) is 0.592. The number of alkyl halides is 2. The lowest BCUT2D eigenvalue weighted by Crippen LogP contribution is -2.27. The normalized spacial score (nSPS) is 16.9. The van der Waals surface area contributed by atoms with Crippen LogP contribution in [0, 0.1) is 11.3 Å². The smallest absolute Gasteiger partial charge is 0.387 e. The highest BCUT2D eigenvalue weighted by Gasteiger charge is 2.26. The number of aromatic nitrogens is 2. The highest BCUT2D eigenvalue weighted by molar-refractivity contribution is 5.60. The van der Waals surface area contributed by atoms with Crippen LogP contribution in [0.25, 0.3) is 0 Å². The summed E-state index contributed by atoms with van der Waals surface area (Å²) in [6, 6.07) is 8.75. The summed E-state index contributed by atoms with van der Waals surface area (Å²) < 4.78 is 29.7. The molecule has 0 bridgehead atoms. The Morgan fingerprint density at radius 2 is 2.08 bits per heavy atom. The van der Waals surface area contributed by atoms with Gasteiger partial charge in [0.25, 0.3) is 0 Å². The molecule has 8 heteroatoms. The number of halogens is 2. The minimum Gasteiger partial charge on any atom is -0.433 e. The maximum atomic E-state index is 12.5. The minimum absolute atomic E-state index is 0.0356. The third-order valence-corrected chi connectivity index (χ3v) is 3.76. The van der Waals surface area contributed by atoms with Crippen molar-refractivity contribution in [2.45, 2.75) is 19.1 Å². The number of nitrogens with one attached hydrogen (secondary N) is 1. The van der Waals surface area contributed by atoms with Crippen LogP contribution in [0.15, 0.2) is 36.7 Å². The molecule has 3 rings (SSSR count). The predicted molar refractivity (Wildman–Crippen MR) is 84.1 cm³/mol. The molecule has 0 amide bonds. The number of para-hydroxylation sites is 2. The number of ether oxygens (including phenoxy) is 1. The van der Waals surface area contributed by atoms with Crippen LogP contribution < -0.4 is 15.0 Å². The van der Waals surface area contributed by atoms with Gasteiger partial charge in [0.1, 0.15) is 11.8 Å². The number of nitriles is 1. The van der Waals surface area contributed by atoms with Gasteiger partial charge in [0.2, 0.25) is 0 Å². The summed E-state index contributed by atoms with van der Waals surface area (Å²) in [4.78, 5) is 10.1. The van der Waals surface area contributed by atoms with Gasteiger partial charge in [-0.2, -0.15) is 14.0 Å². The van der Waals surface area contributed by atoms with Crippen LogP contribution in [0.2, 0.25) is 0 Å². The molecule has 0 saturated carbocycles. The van der Waals surface area contributed by atoms with Crippen LogP contribution in [0.5, 0.6) is 5.75 Å². The van der Waals surface area contributed by atoms with E-state index in [1.807, 2.05) is 11.0 Å². The van der Waals surface area contributed by atoms with E-state index in [9.17, 15) is 8.78 Å². The number of anilines is 2. The highest BCUT2D eigenvalue weighted by atomic mass is 19.3. The van der Waals surface area contributed by atoms with E-state index in [1.54, 1.807) is 18.2 Å². The fraction of sp³-hybridized carbons (Fsp3) is 0.312. The zero-order valence-electron chi connectivity index (χ0n) is 12.7. The summed E-state index contributed by atoms with van der Waals surface area (Å²) in [6.07, 6.45) is 3.76. The molecule has 24 heavy (non-hydrogen) atoms. The van der Waals surface area contributed by atoms with Crippen LogP contribution >= 0.6 is 0 Å². The van der Waals surface area contributed by atoms with Crippen molar-refractivity contribution in [2.24, 2.45) is 0 Å². The molecule has 2 heterocycles. The van der Waals surface area contributed by atoms with Crippen molar-refractivity contribution >= 4 is 11.5 Å². The topological polar surface area (TPSA) is 74.1 Å². The largest absolute Gasteiger partial charge is 0.433 e. The predicted octanol–water partition coefficient (Wildman–Crippen LogP) is 2.64. The lowest BCUT2D eigenvalue weighted by Gasteiger charge is -2.22. The second kappa shape index (κ2) is 7.08. The Labute approximate surface area is 137 Å². The van der Waals surface area contributed by atoms with E-state index in [1.165, 1.54) is 18.5 Å². The van der Waals surface area contributed by atoms with Gasteiger partial charge in [-0.15, -0.1) is 0 Å². The molecule has 1 aromatic carbocycles. The van der Waals surface area contributed by atoms with Crippen molar-refractivity contribution in [3.05, 3.63) is 42.4 Å². The minimum atomic E-state index is -2.86. The van der Waals surface area contributed by atoms with Gasteiger partial charge in [0, 0.05) is 31.5 Å². The van der Waals surface area contributed by atoms with E-state index in [2.05, 4.69) is 20.0 Å². The molecule has 1 fully saturated rings. The fourth-order valence-electron chi connectivity index (χ4n) is 2.73. The van der Waals surface area contributed by atoms with E-state index in [-0.39, 0.29) is 17.5 Å². The summed E-state index contributed by atoms with van der Waals surface area (Å²) >= 11 is 0. The Morgan fingerprint density at radius 3 is 2.88 bits per heavy atom. The molecule has 0 aliphatic carbocycles.